The Morgan fingerprint density at radius 1 is 1.22 bits per heavy atom. The summed E-state index contributed by atoms with van der Waals surface area (Å²) in [5.74, 6) is 0.0577. The summed E-state index contributed by atoms with van der Waals surface area (Å²) in [6, 6.07) is 16.2. The number of amides is 1. The molecule has 2 aromatic carbocycles. The number of hydrogen-bond acceptors (Lipinski definition) is 3. The molecule has 1 atom stereocenters. The second-order valence-electron chi connectivity index (χ2n) is 5.99. The Kier molecular flexibility index (Phi) is 3.33. The first-order chi connectivity index (χ1) is 11.2. The van der Waals surface area contributed by atoms with Gasteiger partial charge in [0.05, 0.1) is 11.6 Å². The Balaban J connectivity index is 1.56. The van der Waals surface area contributed by atoms with Crippen molar-refractivity contribution >= 4 is 16.9 Å². The zero-order valence-electron chi connectivity index (χ0n) is 13.0. The highest BCUT2D eigenvalue weighted by atomic mass is 16.2. The molecule has 1 aromatic heterocycles. The number of hydrogen-bond donors (Lipinski definition) is 0. The first kappa shape index (κ1) is 13.9. The van der Waals surface area contributed by atoms with Gasteiger partial charge >= 0.3 is 0 Å². The van der Waals surface area contributed by atoms with E-state index in [9.17, 15) is 4.79 Å². The number of aromatic nitrogens is 3. The van der Waals surface area contributed by atoms with Gasteiger partial charge in [0.25, 0.3) is 0 Å². The lowest BCUT2D eigenvalue weighted by molar-refractivity contribution is -0.132. The Bertz CT molecular complexity index is 870. The minimum absolute atomic E-state index is 0.0577. The van der Waals surface area contributed by atoms with E-state index in [1.54, 1.807) is 4.68 Å². The van der Waals surface area contributed by atoms with E-state index in [-0.39, 0.29) is 18.5 Å². The highest BCUT2D eigenvalue weighted by Crippen LogP contribution is 2.34. The second-order valence-corrected chi connectivity index (χ2v) is 5.99. The summed E-state index contributed by atoms with van der Waals surface area (Å²) >= 11 is 0. The fraction of sp³-hybridized carbons (Fsp3) is 0.278. The minimum atomic E-state index is 0.0577. The van der Waals surface area contributed by atoms with Crippen LogP contribution in [-0.2, 0) is 17.8 Å². The molecular weight excluding hydrogens is 288 g/mol. The van der Waals surface area contributed by atoms with Crippen molar-refractivity contribution in [3.8, 4) is 0 Å². The molecule has 5 heteroatoms. The molecule has 1 aliphatic carbocycles. The molecule has 1 unspecified atom stereocenters. The van der Waals surface area contributed by atoms with Crippen molar-refractivity contribution in [3.63, 3.8) is 0 Å². The molecule has 1 heterocycles. The molecule has 3 aromatic rings. The van der Waals surface area contributed by atoms with Crippen LogP contribution < -0.4 is 0 Å². The van der Waals surface area contributed by atoms with Crippen LogP contribution in [0.1, 0.15) is 23.6 Å². The van der Waals surface area contributed by atoms with E-state index < -0.39 is 0 Å². The number of benzene rings is 2. The standard InChI is InChI=1S/C18H18N4O/c1-21(16-11-10-13-6-2-3-7-14(13)16)18(23)12-22-17-9-5-4-8-15(17)19-20-22/h2-9,16H,10-12H2,1H3. The van der Waals surface area contributed by atoms with Gasteiger partial charge < -0.3 is 4.90 Å². The molecule has 1 aliphatic rings. The summed E-state index contributed by atoms with van der Waals surface area (Å²) in [4.78, 5) is 14.5. The first-order valence-corrected chi connectivity index (χ1v) is 7.86. The minimum Gasteiger partial charge on any atom is -0.337 e. The zero-order chi connectivity index (χ0) is 15.8. The molecule has 1 amide bonds. The van der Waals surface area contributed by atoms with Gasteiger partial charge in [-0.1, -0.05) is 41.6 Å². The van der Waals surface area contributed by atoms with Gasteiger partial charge in [-0.05, 0) is 36.1 Å². The first-order valence-electron chi connectivity index (χ1n) is 7.86. The van der Waals surface area contributed by atoms with Gasteiger partial charge in [-0.2, -0.15) is 0 Å². The van der Waals surface area contributed by atoms with Crippen molar-refractivity contribution in [2.24, 2.45) is 0 Å². The van der Waals surface area contributed by atoms with Crippen LogP contribution in [0.2, 0.25) is 0 Å². The van der Waals surface area contributed by atoms with Crippen molar-refractivity contribution in [1.82, 2.24) is 19.9 Å². The molecule has 0 bridgehead atoms. The van der Waals surface area contributed by atoms with E-state index in [1.165, 1.54) is 11.1 Å². The number of fused-ring (bicyclic) bond motifs is 2. The lowest BCUT2D eigenvalue weighted by Crippen LogP contribution is -2.33. The third kappa shape index (κ3) is 2.38. The summed E-state index contributed by atoms with van der Waals surface area (Å²) in [5, 5.41) is 8.21. The van der Waals surface area contributed by atoms with Crippen LogP contribution in [0.25, 0.3) is 11.0 Å². The summed E-state index contributed by atoms with van der Waals surface area (Å²) < 4.78 is 1.68. The summed E-state index contributed by atoms with van der Waals surface area (Å²) in [7, 11) is 1.88. The highest BCUT2D eigenvalue weighted by Gasteiger charge is 2.28. The van der Waals surface area contributed by atoms with Crippen LogP contribution in [0.15, 0.2) is 48.5 Å². The van der Waals surface area contributed by atoms with Crippen LogP contribution in [0, 0.1) is 0 Å². The molecule has 23 heavy (non-hydrogen) atoms. The molecule has 4 rings (SSSR count). The van der Waals surface area contributed by atoms with Gasteiger partial charge in [0.2, 0.25) is 5.91 Å². The second kappa shape index (κ2) is 5.50. The SMILES string of the molecule is CN(C(=O)Cn1nnc2ccccc21)C1CCc2ccccc21. The topological polar surface area (TPSA) is 51.0 Å². The number of rotatable bonds is 3. The Hall–Kier alpha value is -2.69. The Labute approximate surface area is 134 Å². The average molecular weight is 306 g/mol. The van der Waals surface area contributed by atoms with Crippen molar-refractivity contribution in [2.45, 2.75) is 25.4 Å². The number of carbonyl (C=O) groups excluding carboxylic acids is 1. The van der Waals surface area contributed by atoms with Crippen LogP contribution in [0.4, 0.5) is 0 Å². The summed E-state index contributed by atoms with van der Waals surface area (Å²) in [6.07, 6.45) is 2.02. The predicted octanol–water partition coefficient (Wildman–Crippen LogP) is 2.58. The largest absolute Gasteiger partial charge is 0.337 e. The van der Waals surface area contributed by atoms with E-state index >= 15 is 0 Å². The maximum Gasteiger partial charge on any atom is 0.244 e. The normalized spacial score (nSPS) is 16.5. The molecule has 0 radical (unpaired) electrons. The molecule has 0 N–H and O–H groups in total. The summed E-state index contributed by atoms with van der Waals surface area (Å²) in [5.41, 5.74) is 4.32. The van der Waals surface area contributed by atoms with Crippen molar-refractivity contribution in [2.75, 3.05) is 7.05 Å². The van der Waals surface area contributed by atoms with E-state index in [2.05, 4.69) is 28.5 Å². The fourth-order valence-electron chi connectivity index (χ4n) is 3.38. The summed E-state index contributed by atoms with van der Waals surface area (Å²) in [6.45, 7) is 0.218. The quantitative estimate of drug-likeness (QED) is 0.747. The Morgan fingerprint density at radius 2 is 2.00 bits per heavy atom. The van der Waals surface area contributed by atoms with Gasteiger partial charge in [-0.25, -0.2) is 4.68 Å². The van der Waals surface area contributed by atoms with Crippen LogP contribution in [-0.4, -0.2) is 32.8 Å². The fourth-order valence-corrected chi connectivity index (χ4v) is 3.38. The average Bonchev–Trinajstić information content (AvgIpc) is 3.19. The van der Waals surface area contributed by atoms with E-state index in [4.69, 9.17) is 0 Å². The van der Waals surface area contributed by atoms with Crippen LogP contribution in [0.5, 0.6) is 0 Å². The van der Waals surface area contributed by atoms with E-state index in [0.717, 1.165) is 23.9 Å². The molecule has 116 valence electrons. The molecule has 0 aliphatic heterocycles. The number of nitrogens with zero attached hydrogens (tertiary/aromatic N) is 4. The molecule has 5 nitrogen and oxygen atoms in total. The zero-order valence-corrected chi connectivity index (χ0v) is 13.0. The highest BCUT2D eigenvalue weighted by molar-refractivity contribution is 5.80. The molecule has 0 saturated carbocycles. The van der Waals surface area contributed by atoms with Gasteiger partial charge in [-0.3, -0.25) is 4.79 Å². The lowest BCUT2D eigenvalue weighted by Gasteiger charge is -2.25. The third-order valence-corrected chi connectivity index (χ3v) is 4.67. The molecule has 0 fully saturated rings. The lowest BCUT2D eigenvalue weighted by atomic mass is 10.1. The maximum atomic E-state index is 12.7. The number of carbonyl (C=O) groups is 1. The van der Waals surface area contributed by atoms with Gasteiger partial charge in [0, 0.05) is 7.05 Å². The molecule has 0 spiro atoms. The number of para-hydroxylation sites is 1. The van der Waals surface area contributed by atoms with E-state index in [1.807, 2.05) is 42.3 Å². The maximum absolute atomic E-state index is 12.7. The third-order valence-electron chi connectivity index (χ3n) is 4.67. The van der Waals surface area contributed by atoms with Gasteiger partial charge in [0.15, 0.2) is 0 Å². The van der Waals surface area contributed by atoms with E-state index in [0.29, 0.717) is 0 Å². The van der Waals surface area contributed by atoms with Crippen molar-refractivity contribution in [1.29, 1.82) is 0 Å². The molecule has 0 saturated heterocycles. The Morgan fingerprint density at radius 3 is 2.91 bits per heavy atom. The van der Waals surface area contributed by atoms with Crippen LogP contribution in [0.3, 0.4) is 0 Å². The number of aryl methyl sites for hydroxylation is 1. The van der Waals surface area contributed by atoms with Crippen molar-refractivity contribution < 1.29 is 4.79 Å². The predicted molar refractivity (Wildman–Crippen MR) is 87.8 cm³/mol. The molecular formula is C18H18N4O. The van der Waals surface area contributed by atoms with Crippen molar-refractivity contribution in [3.05, 3.63) is 59.7 Å². The van der Waals surface area contributed by atoms with Gasteiger partial charge in [0.1, 0.15) is 12.1 Å². The monoisotopic (exact) mass is 306 g/mol. The number of likely N-dealkylation sites (N-methyl/N-ethyl adjacent to an activating group) is 1. The van der Waals surface area contributed by atoms with Gasteiger partial charge in [-0.15, -0.1) is 5.10 Å². The smallest absolute Gasteiger partial charge is 0.244 e. The van der Waals surface area contributed by atoms with Crippen LogP contribution >= 0.6 is 0 Å².